The highest BCUT2D eigenvalue weighted by molar-refractivity contribution is 7.99. The molecule has 0 saturated carbocycles. The number of rotatable bonds is 6. The second kappa shape index (κ2) is 7.70. The van der Waals surface area contributed by atoms with E-state index in [1.807, 2.05) is 12.1 Å². The molecule has 0 aliphatic rings. The van der Waals surface area contributed by atoms with E-state index in [9.17, 15) is 4.79 Å². The summed E-state index contributed by atoms with van der Waals surface area (Å²) in [7, 11) is 1.75. The fraction of sp³-hybridized carbons (Fsp3) is 0.294. The Labute approximate surface area is 129 Å². The molecule has 4 heteroatoms. The summed E-state index contributed by atoms with van der Waals surface area (Å²) in [6, 6.07) is 16.7. The molecule has 2 rings (SSSR count). The molecule has 0 radical (unpaired) electrons. The van der Waals surface area contributed by atoms with Crippen molar-refractivity contribution in [2.75, 3.05) is 19.3 Å². The molecule has 0 bridgehead atoms. The van der Waals surface area contributed by atoms with Gasteiger partial charge in [0.05, 0.1) is 12.5 Å². The molecule has 108 valence electrons. The Hall–Kier alpha value is -1.99. The first-order valence-corrected chi connectivity index (χ1v) is 7.92. The van der Waals surface area contributed by atoms with Crippen LogP contribution in [0.3, 0.4) is 0 Å². The summed E-state index contributed by atoms with van der Waals surface area (Å²) in [5.74, 6) is 0.854. The lowest BCUT2D eigenvalue weighted by atomic mass is 10.1. The second-order valence-corrected chi connectivity index (χ2v) is 6.00. The number of nitrogens with zero attached hydrogens (tertiary/aromatic N) is 2. The van der Waals surface area contributed by atoms with Gasteiger partial charge in [0, 0.05) is 30.7 Å². The van der Waals surface area contributed by atoms with Crippen molar-refractivity contribution in [3.63, 3.8) is 0 Å². The fourth-order valence-electron chi connectivity index (χ4n) is 2.05. The monoisotopic (exact) mass is 298 g/mol. The fourth-order valence-corrected chi connectivity index (χ4v) is 2.93. The minimum atomic E-state index is 0.0959. The van der Waals surface area contributed by atoms with Crippen molar-refractivity contribution >= 4 is 28.4 Å². The molecule has 0 saturated heterocycles. The Morgan fingerprint density at radius 3 is 2.76 bits per heavy atom. The van der Waals surface area contributed by atoms with E-state index in [1.165, 1.54) is 15.7 Å². The first kappa shape index (κ1) is 15.4. The third-order valence-electron chi connectivity index (χ3n) is 3.29. The predicted molar refractivity (Wildman–Crippen MR) is 87.2 cm³/mol. The predicted octanol–water partition coefficient (Wildman–Crippen LogP) is 3.69. The van der Waals surface area contributed by atoms with E-state index < -0.39 is 0 Å². The lowest BCUT2D eigenvalue weighted by Crippen LogP contribution is -2.27. The van der Waals surface area contributed by atoms with Gasteiger partial charge in [0.15, 0.2) is 0 Å². The van der Waals surface area contributed by atoms with Crippen molar-refractivity contribution in [2.24, 2.45) is 0 Å². The van der Waals surface area contributed by atoms with E-state index in [4.69, 9.17) is 5.26 Å². The number of benzene rings is 2. The van der Waals surface area contributed by atoms with Gasteiger partial charge >= 0.3 is 0 Å². The van der Waals surface area contributed by atoms with Crippen molar-refractivity contribution < 1.29 is 4.79 Å². The van der Waals surface area contributed by atoms with Crippen LogP contribution < -0.4 is 0 Å². The smallest absolute Gasteiger partial charge is 0.223 e. The van der Waals surface area contributed by atoms with Gasteiger partial charge in [-0.2, -0.15) is 5.26 Å². The maximum atomic E-state index is 11.9. The van der Waals surface area contributed by atoms with Gasteiger partial charge in [0.2, 0.25) is 5.91 Å². The van der Waals surface area contributed by atoms with Crippen molar-refractivity contribution in [2.45, 2.75) is 17.7 Å². The zero-order chi connectivity index (χ0) is 15.1. The maximum Gasteiger partial charge on any atom is 0.223 e. The highest BCUT2D eigenvalue weighted by atomic mass is 32.2. The van der Waals surface area contributed by atoms with E-state index in [0.717, 1.165) is 5.75 Å². The van der Waals surface area contributed by atoms with Crippen LogP contribution in [0.2, 0.25) is 0 Å². The summed E-state index contributed by atoms with van der Waals surface area (Å²) < 4.78 is 0. The lowest BCUT2D eigenvalue weighted by molar-refractivity contribution is -0.129. The number of thioether (sulfide) groups is 1. The molecule has 0 aliphatic heterocycles. The molecule has 0 N–H and O–H groups in total. The average Bonchev–Trinajstić information content (AvgIpc) is 2.52. The number of amides is 1. The summed E-state index contributed by atoms with van der Waals surface area (Å²) in [5.41, 5.74) is 0. The maximum absolute atomic E-state index is 11.9. The summed E-state index contributed by atoms with van der Waals surface area (Å²) in [4.78, 5) is 14.7. The third-order valence-corrected chi connectivity index (χ3v) is 4.29. The molecule has 0 aliphatic carbocycles. The zero-order valence-electron chi connectivity index (χ0n) is 12.1. The van der Waals surface area contributed by atoms with Gasteiger partial charge in [0.1, 0.15) is 0 Å². The largest absolute Gasteiger partial charge is 0.345 e. The van der Waals surface area contributed by atoms with Gasteiger partial charge in [-0.15, -0.1) is 11.8 Å². The molecular weight excluding hydrogens is 280 g/mol. The molecule has 3 nitrogen and oxygen atoms in total. The molecule has 2 aromatic rings. The number of nitriles is 1. The van der Waals surface area contributed by atoms with Crippen LogP contribution in [0.4, 0.5) is 0 Å². The summed E-state index contributed by atoms with van der Waals surface area (Å²) in [6.45, 7) is 0.510. The normalized spacial score (nSPS) is 10.3. The first-order valence-electron chi connectivity index (χ1n) is 6.93. The van der Waals surface area contributed by atoms with Crippen LogP contribution in [-0.4, -0.2) is 30.2 Å². The van der Waals surface area contributed by atoms with Gasteiger partial charge < -0.3 is 4.90 Å². The quantitative estimate of drug-likeness (QED) is 0.764. The van der Waals surface area contributed by atoms with Gasteiger partial charge in [-0.25, -0.2) is 0 Å². The lowest BCUT2D eigenvalue weighted by Gasteiger charge is -2.15. The molecule has 0 spiro atoms. The summed E-state index contributed by atoms with van der Waals surface area (Å²) in [5, 5.41) is 11.0. The number of fused-ring (bicyclic) bond motifs is 1. The van der Waals surface area contributed by atoms with Gasteiger partial charge in [-0.05, 0) is 22.9 Å². The molecule has 2 aromatic carbocycles. The summed E-state index contributed by atoms with van der Waals surface area (Å²) in [6.07, 6.45) is 0.888. The molecule has 0 fully saturated rings. The Morgan fingerprint density at radius 1 is 1.24 bits per heavy atom. The molecule has 0 atom stereocenters. The van der Waals surface area contributed by atoms with Crippen molar-refractivity contribution in [1.29, 1.82) is 5.26 Å². The van der Waals surface area contributed by atoms with E-state index in [2.05, 4.69) is 36.4 Å². The standard InChI is InChI=1S/C17H18N2OS/c1-19(11-4-10-18)17(20)9-12-21-16-8-7-14-5-2-3-6-15(14)13-16/h2-3,5-8,13H,4,9,11-12H2,1H3. The second-order valence-electron chi connectivity index (χ2n) is 4.83. The molecule has 21 heavy (non-hydrogen) atoms. The zero-order valence-corrected chi connectivity index (χ0v) is 12.9. The van der Waals surface area contributed by atoms with Crippen LogP contribution in [0.5, 0.6) is 0 Å². The van der Waals surface area contributed by atoms with Crippen LogP contribution in [0, 0.1) is 11.3 Å². The number of hydrogen-bond donors (Lipinski definition) is 0. The molecule has 0 heterocycles. The third kappa shape index (κ3) is 4.51. The van der Waals surface area contributed by atoms with Crippen LogP contribution in [0.25, 0.3) is 10.8 Å². The van der Waals surface area contributed by atoms with Crippen LogP contribution >= 0.6 is 11.8 Å². The molecule has 0 aromatic heterocycles. The Kier molecular flexibility index (Phi) is 5.65. The number of hydrogen-bond acceptors (Lipinski definition) is 3. The average molecular weight is 298 g/mol. The van der Waals surface area contributed by atoms with Crippen molar-refractivity contribution in [3.05, 3.63) is 42.5 Å². The highest BCUT2D eigenvalue weighted by Crippen LogP contribution is 2.24. The Morgan fingerprint density at radius 2 is 2.00 bits per heavy atom. The number of carbonyl (C=O) groups is 1. The highest BCUT2D eigenvalue weighted by Gasteiger charge is 2.08. The minimum Gasteiger partial charge on any atom is -0.345 e. The van der Waals surface area contributed by atoms with E-state index in [0.29, 0.717) is 19.4 Å². The topological polar surface area (TPSA) is 44.1 Å². The number of carbonyl (C=O) groups excluding carboxylic acids is 1. The van der Waals surface area contributed by atoms with Crippen molar-refractivity contribution in [3.8, 4) is 6.07 Å². The molecule has 1 amide bonds. The van der Waals surface area contributed by atoms with Crippen molar-refractivity contribution in [1.82, 2.24) is 4.90 Å². The van der Waals surface area contributed by atoms with Gasteiger partial charge in [-0.3, -0.25) is 4.79 Å². The van der Waals surface area contributed by atoms with Gasteiger partial charge in [-0.1, -0.05) is 30.3 Å². The van der Waals surface area contributed by atoms with Crippen LogP contribution in [-0.2, 0) is 4.79 Å². The van der Waals surface area contributed by atoms with Crippen LogP contribution in [0.1, 0.15) is 12.8 Å². The molecule has 0 unspecified atom stereocenters. The Bertz CT molecular complexity index is 663. The van der Waals surface area contributed by atoms with Gasteiger partial charge in [0.25, 0.3) is 0 Å². The van der Waals surface area contributed by atoms with E-state index in [-0.39, 0.29) is 5.91 Å². The summed E-state index contributed by atoms with van der Waals surface area (Å²) >= 11 is 1.69. The van der Waals surface area contributed by atoms with Crippen LogP contribution in [0.15, 0.2) is 47.4 Å². The minimum absolute atomic E-state index is 0.0959. The molecular formula is C17H18N2OS. The first-order chi connectivity index (χ1) is 10.2. The van der Waals surface area contributed by atoms with E-state index >= 15 is 0 Å². The Balaban J connectivity index is 1.85. The van der Waals surface area contributed by atoms with E-state index in [1.54, 1.807) is 23.7 Å². The SMILES string of the molecule is CN(CCC#N)C(=O)CCSc1ccc2ccccc2c1.